The quantitative estimate of drug-likeness (QED) is 0.890. The van der Waals surface area contributed by atoms with Crippen LogP contribution in [0, 0.1) is 0 Å². The fourth-order valence-electron chi connectivity index (χ4n) is 2.06. The summed E-state index contributed by atoms with van der Waals surface area (Å²) < 4.78 is 1.82. The van der Waals surface area contributed by atoms with E-state index < -0.39 is 0 Å². The van der Waals surface area contributed by atoms with Gasteiger partial charge in [0.25, 0.3) is 0 Å². The maximum atomic E-state index is 4.11. The molecule has 1 heterocycles. The van der Waals surface area contributed by atoms with Gasteiger partial charge in [0.05, 0.1) is 12.2 Å². The van der Waals surface area contributed by atoms with Crippen LogP contribution in [0.5, 0.6) is 0 Å². The molecule has 0 unspecified atom stereocenters. The van der Waals surface area contributed by atoms with Crippen molar-refractivity contribution in [3.63, 3.8) is 0 Å². The molecule has 1 N–H and O–H groups in total. The van der Waals surface area contributed by atoms with Gasteiger partial charge in [-0.2, -0.15) is 4.68 Å². The summed E-state index contributed by atoms with van der Waals surface area (Å²) in [4.78, 5) is 0. The maximum Gasteiger partial charge on any atom is 0.170 e. The predicted octanol–water partition coefficient (Wildman–Crippen LogP) is 2.04. The minimum Gasteiger partial charge on any atom is -0.307 e. The smallest absolute Gasteiger partial charge is 0.170 e. The van der Waals surface area contributed by atoms with Crippen molar-refractivity contribution in [2.24, 2.45) is 0 Å². The number of nitrogens with one attached hydrogen (secondary N) is 1. The lowest BCUT2D eigenvalue weighted by molar-refractivity contribution is 0.637. The lowest BCUT2D eigenvalue weighted by Crippen LogP contribution is -2.18. The third kappa shape index (κ3) is 2.81. The lowest BCUT2D eigenvalue weighted by Gasteiger charge is -2.09. The second kappa shape index (κ2) is 5.09. The Bertz CT molecular complexity index is 556. The van der Waals surface area contributed by atoms with E-state index in [9.17, 15) is 0 Å². The first kappa shape index (κ1) is 12.3. The van der Waals surface area contributed by atoms with Crippen LogP contribution in [-0.2, 0) is 6.54 Å². The molecule has 1 saturated carbocycles. The first-order chi connectivity index (χ1) is 9.24. The summed E-state index contributed by atoms with van der Waals surface area (Å²) in [5.41, 5.74) is 2.33. The van der Waals surface area contributed by atoms with Crippen molar-refractivity contribution in [3.8, 4) is 5.69 Å². The Morgan fingerprint density at radius 3 is 2.95 bits per heavy atom. The van der Waals surface area contributed by atoms with Gasteiger partial charge in [0.1, 0.15) is 0 Å². The Morgan fingerprint density at radius 2 is 2.21 bits per heavy atom. The third-order valence-corrected chi connectivity index (χ3v) is 3.44. The Labute approximate surface area is 113 Å². The number of aromatic nitrogens is 4. The van der Waals surface area contributed by atoms with E-state index in [4.69, 9.17) is 0 Å². The van der Waals surface area contributed by atoms with Gasteiger partial charge in [-0.1, -0.05) is 26.0 Å². The fraction of sp³-hybridized carbons (Fsp3) is 0.500. The van der Waals surface area contributed by atoms with Gasteiger partial charge in [-0.05, 0) is 46.9 Å². The monoisotopic (exact) mass is 257 g/mol. The van der Waals surface area contributed by atoms with Gasteiger partial charge >= 0.3 is 0 Å². The molecule has 100 valence electrons. The van der Waals surface area contributed by atoms with E-state index in [1.165, 1.54) is 18.4 Å². The average molecular weight is 257 g/mol. The zero-order valence-corrected chi connectivity index (χ0v) is 11.4. The first-order valence-electron chi connectivity index (χ1n) is 6.85. The summed E-state index contributed by atoms with van der Waals surface area (Å²) in [6.45, 7) is 5.10. The van der Waals surface area contributed by atoms with Crippen molar-refractivity contribution >= 4 is 0 Å². The van der Waals surface area contributed by atoms with Crippen LogP contribution < -0.4 is 5.32 Å². The summed E-state index contributed by atoms with van der Waals surface area (Å²) >= 11 is 0. The van der Waals surface area contributed by atoms with Crippen LogP contribution in [-0.4, -0.2) is 26.2 Å². The molecule has 0 radical (unpaired) electrons. The van der Waals surface area contributed by atoms with Crippen molar-refractivity contribution in [1.82, 2.24) is 25.5 Å². The number of tetrazole rings is 1. The highest BCUT2D eigenvalue weighted by molar-refractivity contribution is 5.36. The largest absolute Gasteiger partial charge is 0.307 e. The molecule has 19 heavy (non-hydrogen) atoms. The Hall–Kier alpha value is -1.75. The summed E-state index contributed by atoms with van der Waals surface area (Å²) in [6, 6.07) is 9.06. The number of hydrogen-bond acceptors (Lipinski definition) is 4. The summed E-state index contributed by atoms with van der Waals surface area (Å²) in [5, 5.41) is 15.4. The van der Waals surface area contributed by atoms with Crippen LogP contribution in [0.25, 0.3) is 5.69 Å². The second-order valence-electron chi connectivity index (χ2n) is 5.41. The van der Waals surface area contributed by atoms with Crippen molar-refractivity contribution in [2.75, 3.05) is 0 Å². The second-order valence-corrected chi connectivity index (χ2v) is 5.41. The molecule has 0 spiro atoms. The van der Waals surface area contributed by atoms with Gasteiger partial charge in [-0.15, -0.1) is 5.10 Å². The van der Waals surface area contributed by atoms with Crippen molar-refractivity contribution in [2.45, 2.75) is 45.2 Å². The molecule has 1 aromatic carbocycles. The molecule has 1 aliphatic rings. The zero-order valence-electron chi connectivity index (χ0n) is 11.4. The van der Waals surface area contributed by atoms with Crippen molar-refractivity contribution in [1.29, 1.82) is 0 Å². The standard InChI is InChI=1S/C14H19N5/c1-10(2)11-4-3-5-13(8-11)19-14(16-17-18-19)9-15-12-6-7-12/h3-5,8,10,12,15H,6-7,9H2,1-2H3. The zero-order chi connectivity index (χ0) is 13.2. The number of hydrogen-bond donors (Lipinski definition) is 1. The normalized spacial score (nSPS) is 15.1. The van der Waals surface area contributed by atoms with Crippen molar-refractivity contribution < 1.29 is 0 Å². The van der Waals surface area contributed by atoms with E-state index in [0.717, 1.165) is 18.1 Å². The van der Waals surface area contributed by atoms with E-state index in [2.05, 4.69) is 52.9 Å². The van der Waals surface area contributed by atoms with Gasteiger partial charge in [0.15, 0.2) is 5.82 Å². The lowest BCUT2D eigenvalue weighted by atomic mass is 10.0. The average Bonchev–Trinajstić information content (AvgIpc) is 3.13. The summed E-state index contributed by atoms with van der Waals surface area (Å²) in [7, 11) is 0. The van der Waals surface area contributed by atoms with Gasteiger partial charge in [0, 0.05) is 6.04 Å². The molecular weight excluding hydrogens is 238 g/mol. The van der Waals surface area contributed by atoms with E-state index in [-0.39, 0.29) is 0 Å². The number of rotatable bonds is 5. The molecule has 0 bridgehead atoms. The summed E-state index contributed by atoms with van der Waals surface area (Å²) in [6.07, 6.45) is 2.54. The molecular formula is C14H19N5. The molecule has 2 aromatic rings. The van der Waals surface area contributed by atoms with Gasteiger partial charge < -0.3 is 5.32 Å². The molecule has 0 saturated heterocycles. The Balaban J connectivity index is 1.84. The van der Waals surface area contributed by atoms with E-state index in [1.54, 1.807) is 0 Å². The van der Waals surface area contributed by atoms with Crippen LogP contribution in [0.2, 0.25) is 0 Å². The predicted molar refractivity (Wildman–Crippen MR) is 73.1 cm³/mol. The summed E-state index contributed by atoms with van der Waals surface area (Å²) in [5.74, 6) is 1.37. The Kier molecular flexibility index (Phi) is 3.29. The maximum absolute atomic E-state index is 4.11. The molecule has 0 atom stereocenters. The van der Waals surface area contributed by atoms with Crippen LogP contribution in [0.1, 0.15) is 44.0 Å². The molecule has 5 nitrogen and oxygen atoms in total. The minimum atomic E-state index is 0.504. The van der Waals surface area contributed by atoms with Crippen molar-refractivity contribution in [3.05, 3.63) is 35.7 Å². The van der Waals surface area contributed by atoms with Crippen LogP contribution >= 0.6 is 0 Å². The molecule has 5 heteroatoms. The van der Waals surface area contributed by atoms with Crippen LogP contribution in [0.15, 0.2) is 24.3 Å². The SMILES string of the molecule is CC(C)c1cccc(-n2nnnc2CNC2CC2)c1. The van der Waals surface area contributed by atoms with E-state index >= 15 is 0 Å². The highest BCUT2D eigenvalue weighted by atomic mass is 15.5. The Morgan fingerprint density at radius 1 is 1.37 bits per heavy atom. The topological polar surface area (TPSA) is 55.6 Å². The van der Waals surface area contributed by atoms with E-state index in [1.807, 2.05) is 10.7 Å². The molecule has 0 amide bonds. The minimum absolute atomic E-state index is 0.504. The van der Waals surface area contributed by atoms with Gasteiger partial charge in [-0.25, -0.2) is 0 Å². The highest BCUT2D eigenvalue weighted by Crippen LogP contribution is 2.20. The molecule has 1 aliphatic carbocycles. The fourth-order valence-corrected chi connectivity index (χ4v) is 2.06. The first-order valence-corrected chi connectivity index (χ1v) is 6.85. The third-order valence-electron chi connectivity index (χ3n) is 3.44. The highest BCUT2D eigenvalue weighted by Gasteiger charge is 2.21. The molecule has 1 fully saturated rings. The number of nitrogens with zero attached hydrogens (tertiary/aromatic N) is 4. The molecule has 1 aromatic heterocycles. The van der Waals surface area contributed by atoms with Crippen LogP contribution in [0.3, 0.4) is 0 Å². The van der Waals surface area contributed by atoms with E-state index in [0.29, 0.717) is 12.0 Å². The molecule has 3 rings (SSSR count). The van der Waals surface area contributed by atoms with Gasteiger partial charge in [0.2, 0.25) is 0 Å². The van der Waals surface area contributed by atoms with Gasteiger partial charge in [-0.3, -0.25) is 0 Å². The molecule has 0 aliphatic heterocycles. The van der Waals surface area contributed by atoms with Crippen LogP contribution in [0.4, 0.5) is 0 Å². The number of benzene rings is 1.